The van der Waals surface area contributed by atoms with E-state index in [1.54, 1.807) is 0 Å². The maximum absolute atomic E-state index is 5.57. The van der Waals surface area contributed by atoms with Crippen molar-refractivity contribution in [3.8, 4) is 0 Å². The molecule has 0 amide bonds. The molecule has 2 N–H and O–H groups in total. The van der Waals surface area contributed by atoms with E-state index in [2.05, 4.69) is 13.8 Å². The number of rotatable bonds is 8. The predicted molar refractivity (Wildman–Crippen MR) is 61.2 cm³/mol. The van der Waals surface area contributed by atoms with Crippen LogP contribution in [-0.4, -0.2) is 30.8 Å². The SMILES string of the molecule is CCOC(CN)CSCC(C)CC. The van der Waals surface area contributed by atoms with Gasteiger partial charge in [0.15, 0.2) is 0 Å². The van der Waals surface area contributed by atoms with Crippen molar-refractivity contribution in [3.05, 3.63) is 0 Å². The van der Waals surface area contributed by atoms with Gasteiger partial charge in [-0.25, -0.2) is 0 Å². The third kappa shape index (κ3) is 7.35. The lowest BCUT2D eigenvalue weighted by Crippen LogP contribution is -2.26. The molecule has 13 heavy (non-hydrogen) atoms. The highest BCUT2D eigenvalue weighted by Gasteiger charge is 2.06. The Morgan fingerprint density at radius 1 is 1.31 bits per heavy atom. The van der Waals surface area contributed by atoms with Gasteiger partial charge in [0.05, 0.1) is 6.10 Å². The molecular weight excluding hydrogens is 182 g/mol. The number of hydrogen-bond acceptors (Lipinski definition) is 3. The molecule has 0 rings (SSSR count). The summed E-state index contributed by atoms with van der Waals surface area (Å²) in [6.07, 6.45) is 1.51. The van der Waals surface area contributed by atoms with Crippen LogP contribution in [0, 0.1) is 5.92 Å². The molecule has 0 aromatic carbocycles. The molecule has 3 heteroatoms. The van der Waals surface area contributed by atoms with Crippen molar-refractivity contribution in [2.45, 2.75) is 33.3 Å². The molecule has 0 spiro atoms. The van der Waals surface area contributed by atoms with Gasteiger partial charge in [-0.05, 0) is 18.6 Å². The Morgan fingerprint density at radius 2 is 2.00 bits per heavy atom. The van der Waals surface area contributed by atoms with E-state index in [-0.39, 0.29) is 6.10 Å². The molecule has 2 atom stereocenters. The zero-order valence-electron chi connectivity index (χ0n) is 9.08. The van der Waals surface area contributed by atoms with E-state index in [4.69, 9.17) is 10.5 Å². The van der Waals surface area contributed by atoms with Crippen LogP contribution in [0.15, 0.2) is 0 Å². The quantitative estimate of drug-likeness (QED) is 0.659. The largest absolute Gasteiger partial charge is 0.376 e. The summed E-state index contributed by atoms with van der Waals surface area (Å²) in [5, 5.41) is 0. The first kappa shape index (κ1) is 13.3. The monoisotopic (exact) mass is 205 g/mol. The first-order valence-electron chi connectivity index (χ1n) is 5.13. The van der Waals surface area contributed by atoms with E-state index >= 15 is 0 Å². The lowest BCUT2D eigenvalue weighted by molar-refractivity contribution is 0.0858. The van der Waals surface area contributed by atoms with Gasteiger partial charge in [-0.2, -0.15) is 11.8 Å². The lowest BCUT2D eigenvalue weighted by atomic mass is 10.2. The van der Waals surface area contributed by atoms with Crippen molar-refractivity contribution < 1.29 is 4.74 Å². The van der Waals surface area contributed by atoms with Crippen molar-refractivity contribution in [1.82, 2.24) is 0 Å². The van der Waals surface area contributed by atoms with Crippen LogP contribution < -0.4 is 5.73 Å². The predicted octanol–water partition coefficient (Wildman–Crippen LogP) is 2.13. The lowest BCUT2D eigenvalue weighted by Gasteiger charge is -2.15. The number of thioether (sulfide) groups is 1. The molecule has 80 valence electrons. The molecule has 0 radical (unpaired) electrons. The first-order valence-corrected chi connectivity index (χ1v) is 6.29. The van der Waals surface area contributed by atoms with E-state index in [1.807, 2.05) is 18.7 Å². The first-order chi connectivity index (χ1) is 6.24. The minimum Gasteiger partial charge on any atom is -0.376 e. The second-order valence-corrected chi connectivity index (χ2v) is 4.44. The van der Waals surface area contributed by atoms with Crippen LogP contribution >= 0.6 is 11.8 Å². The molecule has 0 aliphatic rings. The van der Waals surface area contributed by atoms with Gasteiger partial charge in [-0.3, -0.25) is 0 Å². The highest BCUT2D eigenvalue weighted by Crippen LogP contribution is 2.12. The van der Waals surface area contributed by atoms with Gasteiger partial charge in [0.2, 0.25) is 0 Å². The minimum atomic E-state index is 0.249. The molecule has 2 unspecified atom stereocenters. The molecule has 0 bridgehead atoms. The van der Waals surface area contributed by atoms with Crippen LogP contribution in [0.2, 0.25) is 0 Å². The highest BCUT2D eigenvalue weighted by molar-refractivity contribution is 7.99. The topological polar surface area (TPSA) is 35.2 Å². The van der Waals surface area contributed by atoms with Gasteiger partial charge in [0, 0.05) is 18.9 Å². The van der Waals surface area contributed by atoms with E-state index in [1.165, 1.54) is 12.2 Å². The standard InChI is InChI=1S/C10H23NOS/c1-4-9(3)7-13-8-10(6-11)12-5-2/h9-10H,4-8,11H2,1-3H3. The van der Waals surface area contributed by atoms with E-state index < -0.39 is 0 Å². The zero-order valence-corrected chi connectivity index (χ0v) is 9.90. The fraction of sp³-hybridized carbons (Fsp3) is 1.00. The van der Waals surface area contributed by atoms with Crippen molar-refractivity contribution in [3.63, 3.8) is 0 Å². The maximum Gasteiger partial charge on any atom is 0.0787 e. The summed E-state index contributed by atoms with van der Waals surface area (Å²) in [7, 11) is 0. The van der Waals surface area contributed by atoms with Crippen LogP contribution in [0.5, 0.6) is 0 Å². The second-order valence-electron chi connectivity index (χ2n) is 3.36. The van der Waals surface area contributed by atoms with E-state index in [9.17, 15) is 0 Å². The third-order valence-electron chi connectivity index (χ3n) is 2.07. The van der Waals surface area contributed by atoms with Gasteiger partial charge < -0.3 is 10.5 Å². The highest BCUT2D eigenvalue weighted by atomic mass is 32.2. The van der Waals surface area contributed by atoms with Crippen molar-refractivity contribution in [2.24, 2.45) is 11.7 Å². The minimum absolute atomic E-state index is 0.249. The molecule has 0 aromatic rings. The van der Waals surface area contributed by atoms with Crippen LogP contribution in [0.3, 0.4) is 0 Å². The molecule has 0 aliphatic carbocycles. The maximum atomic E-state index is 5.57. The van der Waals surface area contributed by atoms with Crippen molar-refractivity contribution >= 4 is 11.8 Å². The smallest absolute Gasteiger partial charge is 0.0787 e. The van der Waals surface area contributed by atoms with Crippen LogP contribution in [-0.2, 0) is 4.74 Å². The molecule has 0 fully saturated rings. The molecule has 0 aliphatic heterocycles. The van der Waals surface area contributed by atoms with Crippen molar-refractivity contribution in [1.29, 1.82) is 0 Å². The van der Waals surface area contributed by atoms with Gasteiger partial charge in [0.25, 0.3) is 0 Å². The van der Waals surface area contributed by atoms with Gasteiger partial charge in [0.1, 0.15) is 0 Å². The molecular formula is C10H23NOS. The molecule has 0 aromatic heterocycles. The Balaban J connectivity index is 3.37. The summed E-state index contributed by atoms with van der Waals surface area (Å²) in [6, 6.07) is 0. The molecule has 0 saturated heterocycles. The molecule has 0 heterocycles. The third-order valence-corrected chi connectivity index (χ3v) is 3.48. The Morgan fingerprint density at radius 3 is 2.46 bits per heavy atom. The van der Waals surface area contributed by atoms with E-state index in [0.717, 1.165) is 18.3 Å². The average molecular weight is 205 g/mol. The van der Waals surface area contributed by atoms with Crippen LogP contribution in [0.25, 0.3) is 0 Å². The Bertz CT molecular complexity index is 111. The molecule has 0 saturated carbocycles. The Kier molecular flexibility index (Phi) is 9.03. The average Bonchev–Trinajstić information content (AvgIpc) is 2.16. The number of ether oxygens (including phenoxy) is 1. The summed E-state index contributed by atoms with van der Waals surface area (Å²) >= 11 is 1.95. The zero-order chi connectivity index (χ0) is 10.1. The van der Waals surface area contributed by atoms with Crippen LogP contribution in [0.4, 0.5) is 0 Å². The molecule has 2 nitrogen and oxygen atoms in total. The van der Waals surface area contributed by atoms with Gasteiger partial charge >= 0.3 is 0 Å². The van der Waals surface area contributed by atoms with E-state index in [0.29, 0.717) is 6.54 Å². The van der Waals surface area contributed by atoms with Crippen molar-refractivity contribution in [2.75, 3.05) is 24.7 Å². The summed E-state index contributed by atoms with van der Waals surface area (Å²) in [5.41, 5.74) is 5.57. The van der Waals surface area contributed by atoms with Crippen LogP contribution in [0.1, 0.15) is 27.2 Å². The Hall–Kier alpha value is 0.270. The fourth-order valence-corrected chi connectivity index (χ4v) is 2.21. The number of nitrogens with two attached hydrogens (primary N) is 1. The Labute approximate surface area is 86.6 Å². The van der Waals surface area contributed by atoms with Gasteiger partial charge in [-0.1, -0.05) is 20.3 Å². The number of hydrogen-bond donors (Lipinski definition) is 1. The normalized spacial score (nSPS) is 15.7. The summed E-state index contributed by atoms with van der Waals surface area (Å²) < 4.78 is 5.46. The fourth-order valence-electron chi connectivity index (χ4n) is 0.938. The summed E-state index contributed by atoms with van der Waals surface area (Å²) in [5.74, 6) is 3.07. The van der Waals surface area contributed by atoms with Gasteiger partial charge in [-0.15, -0.1) is 0 Å². The summed E-state index contributed by atoms with van der Waals surface area (Å²) in [4.78, 5) is 0. The summed E-state index contributed by atoms with van der Waals surface area (Å²) in [6.45, 7) is 7.94. The second kappa shape index (κ2) is 8.85.